The number of primary amides is 1. The van der Waals surface area contributed by atoms with Crippen molar-refractivity contribution in [2.24, 2.45) is 11.7 Å². The maximum atomic E-state index is 13.3. The molecule has 0 unspecified atom stereocenters. The third kappa shape index (κ3) is 3.15. The Morgan fingerprint density at radius 3 is 2.79 bits per heavy atom. The van der Waals surface area contributed by atoms with E-state index in [1.165, 1.54) is 16.8 Å². The van der Waals surface area contributed by atoms with Crippen LogP contribution in [-0.4, -0.2) is 39.1 Å². The second-order valence-corrected chi connectivity index (χ2v) is 6.11. The van der Waals surface area contributed by atoms with Gasteiger partial charge in [0.15, 0.2) is 5.69 Å². The van der Waals surface area contributed by atoms with Crippen LogP contribution in [-0.2, 0) is 4.79 Å². The summed E-state index contributed by atoms with van der Waals surface area (Å²) < 4.78 is 14.8. The summed E-state index contributed by atoms with van der Waals surface area (Å²) in [6.45, 7) is 2.25. The van der Waals surface area contributed by atoms with Crippen molar-refractivity contribution in [3.8, 4) is 5.69 Å². The lowest BCUT2D eigenvalue weighted by Crippen LogP contribution is -2.48. The number of benzene rings is 1. The molecule has 0 spiro atoms. The highest BCUT2D eigenvalue weighted by Crippen LogP contribution is 2.23. The van der Waals surface area contributed by atoms with E-state index in [2.05, 4.69) is 5.10 Å². The average Bonchev–Trinajstić information content (AvgIpc) is 3.04. The Balaban J connectivity index is 1.81. The van der Waals surface area contributed by atoms with Crippen LogP contribution in [0.3, 0.4) is 0 Å². The van der Waals surface area contributed by atoms with Gasteiger partial charge in [-0.15, -0.1) is 0 Å². The van der Waals surface area contributed by atoms with Crippen molar-refractivity contribution in [1.29, 1.82) is 0 Å². The van der Waals surface area contributed by atoms with Crippen LogP contribution < -0.4 is 5.73 Å². The molecule has 0 bridgehead atoms. The SMILES string of the molecule is C[C@@H]1CC[C@H](C(N)=O)CN1C(=O)c1ccn(-c2cccc(F)c2)n1. The summed E-state index contributed by atoms with van der Waals surface area (Å²) in [6, 6.07) is 7.59. The van der Waals surface area contributed by atoms with Gasteiger partial charge in [-0.2, -0.15) is 5.10 Å². The summed E-state index contributed by atoms with van der Waals surface area (Å²) in [4.78, 5) is 25.8. The highest BCUT2D eigenvalue weighted by molar-refractivity contribution is 5.93. The molecule has 3 rings (SSSR count). The summed E-state index contributed by atoms with van der Waals surface area (Å²) in [5.41, 5.74) is 6.17. The number of carbonyl (C=O) groups is 2. The highest BCUT2D eigenvalue weighted by Gasteiger charge is 2.32. The highest BCUT2D eigenvalue weighted by atomic mass is 19.1. The van der Waals surface area contributed by atoms with Crippen LogP contribution in [0.15, 0.2) is 36.5 Å². The van der Waals surface area contributed by atoms with Crippen LogP contribution in [0.5, 0.6) is 0 Å². The van der Waals surface area contributed by atoms with Crippen LogP contribution in [0.2, 0.25) is 0 Å². The molecular weight excluding hydrogens is 311 g/mol. The molecule has 0 aliphatic carbocycles. The molecule has 126 valence electrons. The van der Waals surface area contributed by atoms with Crippen LogP contribution >= 0.6 is 0 Å². The first-order valence-electron chi connectivity index (χ1n) is 7.87. The van der Waals surface area contributed by atoms with E-state index in [9.17, 15) is 14.0 Å². The zero-order valence-corrected chi connectivity index (χ0v) is 13.4. The summed E-state index contributed by atoms with van der Waals surface area (Å²) in [7, 11) is 0. The van der Waals surface area contributed by atoms with Gasteiger partial charge in [-0.05, 0) is 44.0 Å². The quantitative estimate of drug-likeness (QED) is 0.931. The van der Waals surface area contributed by atoms with Gasteiger partial charge in [0.25, 0.3) is 5.91 Å². The number of carbonyl (C=O) groups excluding carboxylic acids is 2. The summed E-state index contributed by atoms with van der Waals surface area (Å²) in [6.07, 6.45) is 3.03. The first-order chi connectivity index (χ1) is 11.5. The van der Waals surface area contributed by atoms with Crippen molar-refractivity contribution in [3.63, 3.8) is 0 Å². The number of hydrogen-bond donors (Lipinski definition) is 1. The van der Waals surface area contributed by atoms with Crippen molar-refractivity contribution >= 4 is 11.8 Å². The van der Waals surface area contributed by atoms with E-state index in [1.807, 2.05) is 6.92 Å². The minimum Gasteiger partial charge on any atom is -0.369 e. The molecule has 2 heterocycles. The number of nitrogens with two attached hydrogens (primary N) is 1. The van der Waals surface area contributed by atoms with E-state index in [1.54, 1.807) is 29.3 Å². The van der Waals surface area contributed by atoms with E-state index >= 15 is 0 Å². The molecule has 7 heteroatoms. The molecule has 2 N–H and O–H groups in total. The maximum Gasteiger partial charge on any atom is 0.274 e. The van der Waals surface area contributed by atoms with Gasteiger partial charge in [-0.3, -0.25) is 9.59 Å². The molecule has 1 aliphatic heterocycles. The smallest absolute Gasteiger partial charge is 0.274 e. The predicted octanol–water partition coefficient (Wildman–Crippen LogP) is 1.74. The Kier molecular flexibility index (Phi) is 4.33. The Morgan fingerprint density at radius 2 is 2.08 bits per heavy atom. The Morgan fingerprint density at radius 1 is 1.29 bits per heavy atom. The van der Waals surface area contributed by atoms with Gasteiger partial charge >= 0.3 is 0 Å². The maximum absolute atomic E-state index is 13.3. The molecule has 0 saturated carbocycles. The number of rotatable bonds is 3. The van der Waals surface area contributed by atoms with Gasteiger partial charge in [0, 0.05) is 18.8 Å². The van der Waals surface area contributed by atoms with Gasteiger partial charge in [0.05, 0.1) is 11.6 Å². The van der Waals surface area contributed by atoms with Crippen LogP contribution in [0.4, 0.5) is 4.39 Å². The van der Waals surface area contributed by atoms with Gasteiger partial charge in [0.2, 0.25) is 5.91 Å². The van der Waals surface area contributed by atoms with Gasteiger partial charge in [0.1, 0.15) is 5.82 Å². The van der Waals surface area contributed by atoms with Gasteiger partial charge in [-0.25, -0.2) is 9.07 Å². The van der Waals surface area contributed by atoms with Gasteiger partial charge < -0.3 is 10.6 Å². The van der Waals surface area contributed by atoms with Crippen LogP contribution in [0.1, 0.15) is 30.3 Å². The van der Waals surface area contributed by atoms with Crippen molar-refractivity contribution in [3.05, 3.63) is 48.0 Å². The van der Waals surface area contributed by atoms with Crippen molar-refractivity contribution in [2.45, 2.75) is 25.8 Å². The molecule has 2 amide bonds. The predicted molar refractivity (Wildman–Crippen MR) is 85.9 cm³/mol. The zero-order valence-electron chi connectivity index (χ0n) is 13.4. The fraction of sp³-hybridized carbons (Fsp3) is 0.353. The van der Waals surface area contributed by atoms with E-state index in [0.29, 0.717) is 18.7 Å². The lowest BCUT2D eigenvalue weighted by Gasteiger charge is -2.36. The normalized spacial score (nSPS) is 20.8. The Bertz CT molecular complexity index is 773. The third-order valence-corrected chi connectivity index (χ3v) is 4.43. The lowest BCUT2D eigenvalue weighted by atomic mass is 9.92. The number of nitrogens with zero attached hydrogens (tertiary/aromatic N) is 3. The number of hydrogen-bond acceptors (Lipinski definition) is 3. The number of aromatic nitrogens is 2. The number of piperidine rings is 1. The molecule has 6 nitrogen and oxygen atoms in total. The fourth-order valence-corrected chi connectivity index (χ4v) is 2.97. The van der Waals surface area contributed by atoms with E-state index in [0.717, 1.165) is 6.42 Å². The standard InChI is InChI=1S/C17H19FN4O2/c1-11-5-6-12(16(19)23)10-21(11)17(24)15-7-8-22(20-15)14-4-2-3-13(18)9-14/h2-4,7-9,11-12H,5-6,10H2,1H3,(H2,19,23)/t11-,12+/m1/s1. The minimum atomic E-state index is -0.384. The summed E-state index contributed by atoms with van der Waals surface area (Å²) in [5.74, 6) is -1.33. The topological polar surface area (TPSA) is 81.2 Å². The van der Waals surface area contributed by atoms with Crippen molar-refractivity contribution in [2.75, 3.05) is 6.54 Å². The second-order valence-electron chi connectivity index (χ2n) is 6.11. The fourth-order valence-electron chi connectivity index (χ4n) is 2.97. The average molecular weight is 330 g/mol. The molecule has 0 radical (unpaired) electrons. The summed E-state index contributed by atoms with van der Waals surface area (Å²) in [5, 5.41) is 4.24. The number of amides is 2. The molecule has 1 saturated heterocycles. The first-order valence-corrected chi connectivity index (χ1v) is 7.87. The molecule has 24 heavy (non-hydrogen) atoms. The molecule has 1 aromatic heterocycles. The lowest BCUT2D eigenvalue weighted by molar-refractivity contribution is -0.123. The van der Waals surface area contributed by atoms with Crippen molar-refractivity contribution in [1.82, 2.24) is 14.7 Å². The van der Waals surface area contributed by atoms with E-state index in [4.69, 9.17) is 5.73 Å². The molecule has 1 fully saturated rings. The number of likely N-dealkylation sites (tertiary alicyclic amines) is 1. The Hall–Kier alpha value is -2.70. The zero-order chi connectivity index (χ0) is 17.3. The monoisotopic (exact) mass is 330 g/mol. The van der Waals surface area contributed by atoms with Gasteiger partial charge in [-0.1, -0.05) is 6.07 Å². The van der Waals surface area contributed by atoms with Crippen molar-refractivity contribution < 1.29 is 14.0 Å². The van der Waals surface area contributed by atoms with E-state index < -0.39 is 0 Å². The Labute approximate surface area is 139 Å². The first kappa shape index (κ1) is 16.2. The second kappa shape index (κ2) is 6.43. The molecule has 2 atom stereocenters. The molecule has 1 aromatic carbocycles. The van der Waals surface area contributed by atoms with E-state index in [-0.39, 0.29) is 35.3 Å². The molecular formula is C17H19FN4O2. The van der Waals surface area contributed by atoms with Crippen LogP contribution in [0, 0.1) is 11.7 Å². The minimum absolute atomic E-state index is 0.0208. The molecule has 1 aliphatic rings. The number of halogens is 1. The largest absolute Gasteiger partial charge is 0.369 e. The third-order valence-electron chi connectivity index (χ3n) is 4.43. The van der Waals surface area contributed by atoms with Crippen LogP contribution in [0.25, 0.3) is 5.69 Å². The summed E-state index contributed by atoms with van der Waals surface area (Å²) >= 11 is 0. The molecule has 2 aromatic rings.